The molecule has 1 rings (SSSR count). The van der Waals surface area contributed by atoms with Crippen LogP contribution in [0.25, 0.3) is 0 Å². The van der Waals surface area contributed by atoms with E-state index in [1.807, 2.05) is 19.6 Å². The van der Waals surface area contributed by atoms with Crippen LogP contribution >= 0.6 is 0 Å². The van der Waals surface area contributed by atoms with Crippen molar-refractivity contribution in [3.8, 4) is 0 Å². The zero-order valence-corrected chi connectivity index (χ0v) is 9.60. The van der Waals surface area contributed by atoms with Gasteiger partial charge in [-0.05, 0) is 37.3 Å². The number of hydrogen-bond acceptors (Lipinski definition) is 1. The smallest absolute Gasteiger partial charge is 0.184 e. The predicted octanol–water partition coefficient (Wildman–Crippen LogP) is 3.32. The van der Waals surface area contributed by atoms with Gasteiger partial charge in [0.05, 0.1) is 6.61 Å². The minimum atomic E-state index is -1.59. The van der Waals surface area contributed by atoms with Gasteiger partial charge in [0.1, 0.15) is 0 Å². The Morgan fingerprint density at radius 2 is 1.79 bits per heavy atom. The largest absolute Gasteiger partial charge is 0.413 e. The molecule has 0 saturated heterocycles. The molecule has 0 aromatic heterocycles. The van der Waals surface area contributed by atoms with Gasteiger partial charge >= 0.3 is 0 Å². The summed E-state index contributed by atoms with van der Waals surface area (Å²) in [7, 11) is -1.59. The molecule has 78 valence electrons. The Morgan fingerprint density at radius 3 is 2.29 bits per heavy atom. The molecule has 1 nitrogen and oxygen atoms in total. The second kappa shape index (κ2) is 4.19. The number of benzene rings is 1. The van der Waals surface area contributed by atoms with E-state index in [0.29, 0.717) is 12.2 Å². The Balaban J connectivity index is 2.65. The summed E-state index contributed by atoms with van der Waals surface area (Å²) in [6.07, 6.45) is 0. The van der Waals surface area contributed by atoms with Crippen molar-refractivity contribution in [3.05, 3.63) is 35.4 Å². The predicted molar refractivity (Wildman–Crippen MR) is 54.5 cm³/mol. The maximum Gasteiger partial charge on any atom is 0.184 e. The molecule has 0 bridgehead atoms. The van der Waals surface area contributed by atoms with Crippen LogP contribution in [0.5, 0.6) is 0 Å². The second-order valence-corrected chi connectivity index (χ2v) is 8.66. The van der Waals surface area contributed by atoms with E-state index < -0.39 is 20.0 Å². The standard InChI is InChI=1S/C10H14F2OSi/c1-14(2,3)13-7-8-4-5-9(11)10(12)6-8/h4-6H,7H2,1-3H3. The monoisotopic (exact) mass is 216 g/mol. The van der Waals surface area contributed by atoms with Crippen molar-refractivity contribution in [2.24, 2.45) is 0 Å². The Labute approximate surface area is 83.8 Å². The highest BCUT2D eigenvalue weighted by molar-refractivity contribution is 6.69. The fourth-order valence-corrected chi connectivity index (χ4v) is 1.53. The summed E-state index contributed by atoms with van der Waals surface area (Å²) in [5.74, 6) is -1.64. The Hall–Kier alpha value is -0.743. The van der Waals surface area contributed by atoms with Gasteiger partial charge in [-0.1, -0.05) is 6.07 Å². The maximum absolute atomic E-state index is 12.8. The first kappa shape index (κ1) is 11.3. The molecule has 0 heterocycles. The van der Waals surface area contributed by atoms with Crippen molar-refractivity contribution >= 4 is 8.32 Å². The van der Waals surface area contributed by atoms with Crippen molar-refractivity contribution < 1.29 is 13.2 Å². The molecule has 0 fully saturated rings. The fraction of sp³-hybridized carbons (Fsp3) is 0.400. The number of halogens is 2. The van der Waals surface area contributed by atoms with E-state index in [1.54, 1.807) is 6.07 Å². The van der Waals surface area contributed by atoms with Crippen LogP contribution in [0, 0.1) is 11.6 Å². The minimum absolute atomic E-state index is 0.354. The van der Waals surface area contributed by atoms with Gasteiger partial charge in [0, 0.05) is 0 Å². The summed E-state index contributed by atoms with van der Waals surface area (Å²) in [4.78, 5) is 0. The van der Waals surface area contributed by atoms with Crippen LogP contribution in [0.2, 0.25) is 19.6 Å². The van der Waals surface area contributed by atoms with Crippen molar-refractivity contribution in [1.29, 1.82) is 0 Å². The lowest BCUT2D eigenvalue weighted by Crippen LogP contribution is -2.24. The molecule has 0 unspecified atom stereocenters. The van der Waals surface area contributed by atoms with E-state index in [2.05, 4.69) is 0 Å². The number of rotatable bonds is 3. The van der Waals surface area contributed by atoms with Crippen LogP contribution in [0.15, 0.2) is 18.2 Å². The molecule has 0 amide bonds. The summed E-state index contributed by atoms with van der Waals surface area (Å²) in [6, 6.07) is 3.84. The Bertz CT molecular complexity index is 320. The zero-order valence-electron chi connectivity index (χ0n) is 8.60. The molecule has 4 heteroatoms. The van der Waals surface area contributed by atoms with Gasteiger partial charge < -0.3 is 4.43 Å². The van der Waals surface area contributed by atoms with Crippen molar-refractivity contribution in [3.63, 3.8) is 0 Å². The second-order valence-electron chi connectivity index (χ2n) is 4.15. The van der Waals surface area contributed by atoms with E-state index in [-0.39, 0.29) is 0 Å². The van der Waals surface area contributed by atoms with Gasteiger partial charge in [-0.25, -0.2) is 8.78 Å². The Kier molecular flexibility index (Phi) is 3.39. The summed E-state index contributed by atoms with van der Waals surface area (Å²) in [5, 5.41) is 0. The number of hydrogen-bond donors (Lipinski definition) is 0. The summed E-state index contributed by atoms with van der Waals surface area (Å²) < 4.78 is 30.9. The molecule has 1 aromatic rings. The summed E-state index contributed by atoms with van der Waals surface area (Å²) >= 11 is 0. The quantitative estimate of drug-likeness (QED) is 0.704. The molecule has 0 aliphatic heterocycles. The maximum atomic E-state index is 12.8. The SMILES string of the molecule is C[Si](C)(C)OCc1ccc(F)c(F)c1. The average Bonchev–Trinajstić information content (AvgIpc) is 2.06. The van der Waals surface area contributed by atoms with Crippen molar-refractivity contribution in [1.82, 2.24) is 0 Å². The highest BCUT2D eigenvalue weighted by Crippen LogP contribution is 2.12. The molecular weight excluding hydrogens is 202 g/mol. The fourth-order valence-electron chi connectivity index (χ4n) is 0.929. The minimum Gasteiger partial charge on any atom is -0.413 e. The third-order valence-corrected chi connectivity index (χ3v) is 2.67. The van der Waals surface area contributed by atoms with Gasteiger partial charge in [-0.15, -0.1) is 0 Å². The van der Waals surface area contributed by atoms with E-state index in [4.69, 9.17) is 4.43 Å². The van der Waals surface area contributed by atoms with Crippen LogP contribution in [-0.2, 0) is 11.0 Å². The lowest BCUT2D eigenvalue weighted by atomic mass is 10.2. The van der Waals surface area contributed by atoms with Gasteiger partial charge in [0.2, 0.25) is 0 Å². The molecule has 14 heavy (non-hydrogen) atoms. The molecular formula is C10H14F2OSi. The van der Waals surface area contributed by atoms with Crippen LogP contribution in [0.4, 0.5) is 8.78 Å². The van der Waals surface area contributed by atoms with Crippen molar-refractivity contribution in [2.45, 2.75) is 26.2 Å². The van der Waals surface area contributed by atoms with Gasteiger partial charge in [0.15, 0.2) is 20.0 Å². The van der Waals surface area contributed by atoms with E-state index in [9.17, 15) is 8.78 Å². The van der Waals surface area contributed by atoms with E-state index in [1.165, 1.54) is 6.07 Å². The molecule has 0 atom stereocenters. The summed E-state index contributed by atoms with van der Waals surface area (Å²) in [5.41, 5.74) is 0.673. The topological polar surface area (TPSA) is 9.23 Å². The molecule has 1 aromatic carbocycles. The first-order valence-electron chi connectivity index (χ1n) is 4.46. The lowest BCUT2D eigenvalue weighted by molar-refractivity contribution is 0.298. The molecule has 0 saturated carbocycles. The first-order valence-corrected chi connectivity index (χ1v) is 7.87. The average molecular weight is 216 g/mol. The van der Waals surface area contributed by atoms with E-state index >= 15 is 0 Å². The molecule has 0 N–H and O–H groups in total. The third kappa shape index (κ3) is 3.55. The highest BCUT2D eigenvalue weighted by atomic mass is 28.4. The first-order chi connectivity index (χ1) is 6.38. The molecule has 0 radical (unpaired) electrons. The van der Waals surface area contributed by atoms with Gasteiger partial charge in [-0.2, -0.15) is 0 Å². The Morgan fingerprint density at radius 1 is 1.14 bits per heavy atom. The third-order valence-electron chi connectivity index (χ3n) is 1.66. The normalized spacial score (nSPS) is 11.8. The van der Waals surface area contributed by atoms with Crippen LogP contribution < -0.4 is 0 Å². The van der Waals surface area contributed by atoms with Gasteiger partial charge in [-0.3, -0.25) is 0 Å². The van der Waals surface area contributed by atoms with Crippen LogP contribution in [0.3, 0.4) is 0 Å². The molecule has 0 aliphatic rings. The van der Waals surface area contributed by atoms with Gasteiger partial charge in [0.25, 0.3) is 0 Å². The van der Waals surface area contributed by atoms with Crippen LogP contribution in [0.1, 0.15) is 5.56 Å². The van der Waals surface area contributed by atoms with E-state index in [0.717, 1.165) is 6.07 Å². The molecule has 0 spiro atoms. The zero-order chi connectivity index (χ0) is 10.8. The van der Waals surface area contributed by atoms with Crippen LogP contribution in [-0.4, -0.2) is 8.32 Å². The highest BCUT2D eigenvalue weighted by Gasteiger charge is 2.14. The van der Waals surface area contributed by atoms with Crippen molar-refractivity contribution in [2.75, 3.05) is 0 Å². The summed E-state index contributed by atoms with van der Waals surface area (Å²) in [6.45, 7) is 6.50. The lowest BCUT2D eigenvalue weighted by Gasteiger charge is -2.17. The molecule has 0 aliphatic carbocycles.